The van der Waals surface area contributed by atoms with E-state index in [1.165, 1.54) is 88.8 Å². The average Bonchev–Trinajstić information content (AvgIpc) is 3.23. The van der Waals surface area contributed by atoms with Crippen molar-refractivity contribution in [2.75, 3.05) is 25.6 Å². The molecule has 9 nitrogen and oxygen atoms in total. The molecule has 2 aromatic carbocycles. The minimum Gasteiger partial charge on any atom is -0.497 e. The number of alkyl halides is 17. The van der Waals surface area contributed by atoms with Gasteiger partial charge in [0, 0.05) is 24.1 Å². The van der Waals surface area contributed by atoms with Crippen LogP contribution < -0.4 is 20.3 Å². The number of hydroxylamine groups is 1. The molecule has 0 fully saturated rings. The molecule has 3 N–H and O–H groups in total. The first-order chi connectivity index (χ1) is 30.5. The molecular formula is C40H45F17N2O7Si. The van der Waals surface area contributed by atoms with Crippen LogP contribution in [0.2, 0.25) is 17.1 Å². The van der Waals surface area contributed by atoms with Crippen LogP contribution in [0.5, 0.6) is 11.5 Å². The number of allylic oxidation sites excluding steroid dienone is 2. The van der Waals surface area contributed by atoms with Gasteiger partial charge in [0.05, 0.1) is 13.7 Å². The fourth-order valence-electron chi connectivity index (χ4n) is 6.44. The maximum atomic E-state index is 15.0. The molecular weight excluding hydrogens is 971 g/mol. The van der Waals surface area contributed by atoms with Crippen LogP contribution in [0, 0.1) is 5.92 Å². The van der Waals surface area contributed by atoms with Crippen molar-refractivity contribution in [1.82, 2.24) is 5.48 Å². The zero-order valence-corrected chi connectivity index (χ0v) is 36.9. The molecule has 0 radical (unpaired) electrons. The van der Waals surface area contributed by atoms with E-state index in [2.05, 4.69) is 5.32 Å². The van der Waals surface area contributed by atoms with Gasteiger partial charge in [0.15, 0.2) is 8.32 Å². The molecule has 27 heteroatoms. The second-order valence-corrected chi connectivity index (χ2v) is 20.4. The smallest absolute Gasteiger partial charge is 0.460 e. The number of methoxy groups -OCH3 is 1. The highest BCUT2D eigenvalue weighted by Crippen LogP contribution is 2.64. The molecule has 0 aliphatic heterocycles. The Bertz CT molecular complexity index is 1990. The molecule has 0 saturated heterocycles. The summed E-state index contributed by atoms with van der Waals surface area (Å²) in [5.41, 5.74) is 0.322. The minimum absolute atomic E-state index is 0.0981. The molecule has 0 saturated carbocycles. The van der Waals surface area contributed by atoms with Gasteiger partial charge in [-0.15, -0.1) is 0 Å². The van der Waals surface area contributed by atoms with E-state index in [4.69, 9.17) is 23.8 Å². The molecule has 0 aliphatic carbocycles. The van der Waals surface area contributed by atoms with Crippen LogP contribution >= 0.6 is 0 Å². The number of carbonyl (C=O) groups is 2. The van der Waals surface area contributed by atoms with Crippen LogP contribution in [0.1, 0.15) is 52.7 Å². The number of benzene rings is 2. The number of anilines is 1. The first kappa shape index (κ1) is 58.3. The standard InChI is InChI=1S/C40H45F17N2O7Si/c1-23(2)67(24(3)4,22-19-33(41,42)34(43,44)35(45,46)36(47,48)37(49,50)38(51,52)39(53,54)40(55,56)57)65-21-20-64-29-15-11-26(12-16-29)31(25(5)9-7-8-10-30(60)59-62)66-32(61)58-27-13-17-28(63-6)18-14-27/h7-18,23-25,31,62H,19-22H2,1-6H3,(H,58,61)(H,59,60)/b9-7+,10-8+/t25-,31-/m1/s1. The monoisotopic (exact) mass is 1020 g/mol. The third-order valence-corrected chi connectivity index (χ3v) is 16.1. The molecule has 2 atom stereocenters. The van der Waals surface area contributed by atoms with Gasteiger partial charge in [-0.3, -0.25) is 15.3 Å². The highest BCUT2D eigenvalue weighted by molar-refractivity contribution is 6.76. The third-order valence-electron chi connectivity index (χ3n) is 10.4. The summed E-state index contributed by atoms with van der Waals surface area (Å²) in [4.78, 5) is 24.2. The summed E-state index contributed by atoms with van der Waals surface area (Å²) >= 11 is 0. The Morgan fingerprint density at radius 2 is 1.13 bits per heavy atom. The number of rotatable bonds is 24. The van der Waals surface area contributed by atoms with Crippen LogP contribution in [0.15, 0.2) is 72.8 Å². The SMILES string of the molecule is COc1ccc(NC(=O)O[C@@H](c2ccc(OCCO[Si](CCC(F)(F)C(F)(F)C(F)(F)C(F)(F)C(F)(F)C(F)(F)C(F)(F)C(F)(F)F)(C(C)C)C(C)C)cc2)[C@H](C)/C=C/C=C/C(=O)NO)cc1. The maximum Gasteiger partial charge on any atom is 0.460 e. The van der Waals surface area contributed by atoms with Crippen LogP contribution in [0.3, 0.4) is 0 Å². The second-order valence-electron chi connectivity index (χ2n) is 15.4. The Labute approximate surface area is 372 Å². The number of hydrogen-bond acceptors (Lipinski definition) is 7. The van der Waals surface area contributed by atoms with Gasteiger partial charge in [-0.1, -0.05) is 65.0 Å². The number of nitrogens with one attached hydrogen (secondary N) is 2. The normalized spacial score (nSPS) is 15.0. The number of halogens is 17. The van der Waals surface area contributed by atoms with E-state index < -0.39 is 117 Å². The van der Waals surface area contributed by atoms with Crippen molar-refractivity contribution in [3.63, 3.8) is 0 Å². The van der Waals surface area contributed by atoms with Crippen molar-refractivity contribution in [2.24, 2.45) is 5.92 Å². The van der Waals surface area contributed by atoms with Crippen molar-refractivity contribution < 1.29 is 108 Å². The van der Waals surface area contributed by atoms with Crippen LogP contribution in [0.25, 0.3) is 0 Å². The number of hydrogen-bond donors (Lipinski definition) is 3. The van der Waals surface area contributed by atoms with Crippen molar-refractivity contribution in [1.29, 1.82) is 0 Å². The highest BCUT2D eigenvalue weighted by Gasteiger charge is 2.95. The first-order valence-corrected chi connectivity index (χ1v) is 21.7. The Morgan fingerprint density at radius 3 is 1.60 bits per heavy atom. The van der Waals surface area contributed by atoms with Gasteiger partial charge < -0.3 is 18.6 Å². The van der Waals surface area contributed by atoms with Gasteiger partial charge >= 0.3 is 53.7 Å². The lowest BCUT2D eigenvalue weighted by Crippen LogP contribution is -2.74. The van der Waals surface area contributed by atoms with Gasteiger partial charge in [-0.2, -0.15) is 74.6 Å². The van der Waals surface area contributed by atoms with Gasteiger partial charge in [0.2, 0.25) is 0 Å². The van der Waals surface area contributed by atoms with Gasteiger partial charge in [0.25, 0.3) is 5.91 Å². The summed E-state index contributed by atoms with van der Waals surface area (Å²) in [7, 11) is -2.59. The summed E-state index contributed by atoms with van der Waals surface area (Å²) in [6.07, 6.45) is -7.07. The Kier molecular flexibility index (Phi) is 18.9. The van der Waals surface area contributed by atoms with E-state index in [-0.39, 0.29) is 5.75 Å². The van der Waals surface area contributed by atoms with Gasteiger partial charge in [-0.05, 0) is 59.1 Å². The number of carbonyl (C=O) groups excluding carboxylic acids is 2. The van der Waals surface area contributed by atoms with E-state index in [1.54, 1.807) is 25.1 Å². The maximum absolute atomic E-state index is 15.0. The van der Waals surface area contributed by atoms with Gasteiger partial charge in [0.1, 0.15) is 24.2 Å². The van der Waals surface area contributed by atoms with Crippen molar-refractivity contribution in [3.05, 3.63) is 78.4 Å². The largest absolute Gasteiger partial charge is 0.497 e. The first-order valence-electron chi connectivity index (χ1n) is 19.4. The van der Waals surface area contributed by atoms with E-state index in [0.29, 0.717) is 17.0 Å². The van der Waals surface area contributed by atoms with E-state index >= 15 is 8.78 Å². The van der Waals surface area contributed by atoms with Crippen molar-refractivity contribution in [2.45, 2.75) is 112 Å². The third kappa shape index (κ3) is 12.3. The van der Waals surface area contributed by atoms with Crippen LogP contribution in [-0.2, 0) is 14.0 Å². The Balaban J connectivity index is 2.30. The lowest BCUT2D eigenvalue weighted by molar-refractivity contribution is -0.461. The van der Waals surface area contributed by atoms with Crippen LogP contribution in [0.4, 0.5) is 85.1 Å². The molecule has 380 valence electrons. The second kappa shape index (κ2) is 21.7. The summed E-state index contributed by atoms with van der Waals surface area (Å²) in [5.74, 6) is -57.7. The Hall–Kier alpha value is -4.79. The lowest BCUT2D eigenvalue weighted by Gasteiger charge is -2.44. The molecule has 0 spiro atoms. The molecule has 0 aromatic heterocycles. The summed E-state index contributed by atoms with van der Waals surface area (Å²) in [6.45, 7) is 5.89. The minimum atomic E-state index is -8.71. The topological polar surface area (TPSA) is 115 Å². The molecule has 0 unspecified atom stereocenters. The number of amides is 2. The summed E-state index contributed by atoms with van der Waals surface area (Å²) in [6, 6.07) is 10.5. The quantitative estimate of drug-likeness (QED) is 0.0182. The fraction of sp³-hybridized carbons (Fsp3) is 0.550. The van der Waals surface area contributed by atoms with E-state index in [1.807, 2.05) is 0 Å². The van der Waals surface area contributed by atoms with Crippen LogP contribution in [-0.4, -0.2) is 93.5 Å². The molecule has 2 amide bonds. The molecule has 0 heterocycles. The predicted octanol–water partition coefficient (Wildman–Crippen LogP) is 12.8. The van der Waals surface area contributed by atoms with Crippen molar-refractivity contribution >= 4 is 26.0 Å². The zero-order chi connectivity index (χ0) is 51.8. The number of ether oxygens (including phenoxy) is 3. The molecule has 0 aliphatic rings. The zero-order valence-electron chi connectivity index (χ0n) is 35.9. The van der Waals surface area contributed by atoms with Gasteiger partial charge in [-0.25, -0.2) is 10.3 Å². The highest BCUT2D eigenvalue weighted by atomic mass is 28.4. The van der Waals surface area contributed by atoms with Crippen molar-refractivity contribution in [3.8, 4) is 11.5 Å². The molecule has 0 bridgehead atoms. The van der Waals surface area contributed by atoms with E-state index in [0.717, 1.165) is 6.08 Å². The molecule has 2 rings (SSSR count). The predicted molar refractivity (Wildman–Crippen MR) is 207 cm³/mol. The lowest BCUT2D eigenvalue weighted by atomic mass is 9.88. The molecule has 67 heavy (non-hydrogen) atoms. The average molecular weight is 1020 g/mol. The summed E-state index contributed by atoms with van der Waals surface area (Å²) < 4.78 is 258. The Morgan fingerprint density at radius 1 is 0.657 bits per heavy atom. The summed E-state index contributed by atoms with van der Waals surface area (Å²) in [5, 5.41) is 11.2. The van der Waals surface area contributed by atoms with E-state index in [9.17, 15) is 75.4 Å². The fourth-order valence-corrected chi connectivity index (χ4v) is 10.9. The molecule has 2 aromatic rings.